The number of anilines is 2. The lowest BCUT2D eigenvalue weighted by molar-refractivity contribution is -0.117. The maximum absolute atomic E-state index is 13.4. The number of aliphatic hydroxyl groups is 1. The smallest absolute Gasteiger partial charge is 0.251 e. The summed E-state index contributed by atoms with van der Waals surface area (Å²) < 4.78 is 0. The number of carbonyl (C=O) groups excluding carboxylic acids is 2. The van der Waals surface area contributed by atoms with Crippen molar-refractivity contribution in [2.24, 2.45) is 11.7 Å². The molecule has 2 amide bonds. The van der Waals surface area contributed by atoms with Crippen molar-refractivity contribution in [1.29, 1.82) is 0 Å². The van der Waals surface area contributed by atoms with E-state index in [0.29, 0.717) is 31.5 Å². The molecule has 2 aromatic carbocycles. The number of carbonyl (C=O) groups is 2. The standard InChI is InChI=1S/C27H36N4O3/c1-2-29-21-15-20(16-22(17-21)31-13-7-12-24(31)32)27(34)30-23(14-18-8-4-3-5-9-18)26(33)25(28)19-10-6-11-19/h3-5,8-9,15-17,19,23,25-26,29,33H,2,6-7,10-14,28H2,1H3,(H,30,34). The molecular formula is C27H36N4O3. The molecule has 2 fully saturated rings. The Morgan fingerprint density at radius 2 is 1.94 bits per heavy atom. The minimum absolute atomic E-state index is 0.0730. The van der Waals surface area contributed by atoms with Gasteiger partial charge in [0.25, 0.3) is 5.91 Å². The first-order valence-electron chi connectivity index (χ1n) is 12.4. The molecule has 7 heteroatoms. The Kier molecular flexibility index (Phi) is 7.85. The van der Waals surface area contributed by atoms with Crippen molar-refractivity contribution in [1.82, 2.24) is 5.32 Å². The lowest BCUT2D eigenvalue weighted by atomic mass is 9.76. The number of amides is 2. The number of nitrogens with one attached hydrogen (secondary N) is 2. The highest BCUT2D eigenvalue weighted by atomic mass is 16.3. The van der Waals surface area contributed by atoms with E-state index >= 15 is 0 Å². The Balaban J connectivity index is 1.58. The summed E-state index contributed by atoms with van der Waals surface area (Å²) in [5.74, 6) is 0.0762. The van der Waals surface area contributed by atoms with E-state index in [-0.39, 0.29) is 23.8 Å². The van der Waals surface area contributed by atoms with Gasteiger partial charge < -0.3 is 26.4 Å². The monoisotopic (exact) mass is 464 g/mol. The van der Waals surface area contributed by atoms with Crippen LogP contribution in [-0.2, 0) is 11.2 Å². The summed E-state index contributed by atoms with van der Waals surface area (Å²) in [6.07, 6.45) is 4.14. The summed E-state index contributed by atoms with van der Waals surface area (Å²) in [6, 6.07) is 14.4. The fraction of sp³-hybridized carbons (Fsp3) is 0.481. The van der Waals surface area contributed by atoms with Crippen LogP contribution in [0.3, 0.4) is 0 Å². The zero-order chi connectivity index (χ0) is 24.1. The van der Waals surface area contributed by atoms with Gasteiger partial charge in [-0.05, 0) is 62.3 Å². The van der Waals surface area contributed by atoms with E-state index in [1.54, 1.807) is 17.0 Å². The number of benzene rings is 2. The number of nitrogens with two attached hydrogens (primary N) is 1. The van der Waals surface area contributed by atoms with Crippen molar-refractivity contribution in [2.45, 2.75) is 63.6 Å². The fourth-order valence-corrected chi connectivity index (χ4v) is 4.87. The van der Waals surface area contributed by atoms with Gasteiger partial charge in [0.05, 0.1) is 12.1 Å². The molecule has 5 N–H and O–H groups in total. The average molecular weight is 465 g/mol. The van der Waals surface area contributed by atoms with Crippen molar-refractivity contribution < 1.29 is 14.7 Å². The fourth-order valence-electron chi connectivity index (χ4n) is 4.87. The molecule has 34 heavy (non-hydrogen) atoms. The van der Waals surface area contributed by atoms with Crippen molar-refractivity contribution in [3.63, 3.8) is 0 Å². The predicted octanol–water partition coefficient (Wildman–Crippen LogP) is 3.07. The van der Waals surface area contributed by atoms with E-state index in [1.807, 2.05) is 43.3 Å². The summed E-state index contributed by atoms with van der Waals surface area (Å²) in [7, 11) is 0. The SMILES string of the molecule is CCNc1cc(C(=O)NC(Cc2ccccc2)C(O)C(N)C2CCC2)cc(N2CCCC2=O)c1. The van der Waals surface area contributed by atoms with Gasteiger partial charge in [-0.2, -0.15) is 0 Å². The number of hydrogen-bond acceptors (Lipinski definition) is 5. The Labute approximate surface area is 201 Å². The molecule has 3 unspecified atom stereocenters. The van der Waals surface area contributed by atoms with Gasteiger partial charge in [-0.15, -0.1) is 0 Å². The Morgan fingerprint density at radius 1 is 1.18 bits per heavy atom. The van der Waals surface area contributed by atoms with Gasteiger partial charge in [0, 0.05) is 42.5 Å². The minimum Gasteiger partial charge on any atom is -0.389 e. The highest BCUT2D eigenvalue weighted by Gasteiger charge is 2.35. The summed E-state index contributed by atoms with van der Waals surface area (Å²) in [4.78, 5) is 27.5. The molecule has 1 aliphatic heterocycles. The van der Waals surface area contributed by atoms with E-state index in [0.717, 1.165) is 42.6 Å². The summed E-state index contributed by atoms with van der Waals surface area (Å²) in [5, 5.41) is 17.5. The second kappa shape index (κ2) is 11.0. The minimum atomic E-state index is -0.856. The van der Waals surface area contributed by atoms with Crippen molar-refractivity contribution in [2.75, 3.05) is 23.3 Å². The van der Waals surface area contributed by atoms with Crippen molar-refractivity contribution in [3.05, 3.63) is 59.7 Å². The first-order chi connectivity index (χ1) is 16.5. The van der Waals surface area contributed by atoms with Crippen LogP contribution in [0.5, 0.6) is 0 Å². The third-order valence-electron chi connectivity index (χ3n) is 7.06. The molecule has 0 aromatic heterocycles. The van der Waals surface area contributed by atoms with Crippen LogP contribution in [0.2, 0.25) is 0 Å². The summed E-state index contributed by atoms with van der Waals surface area (Å²) >= 11 is 0. The zero-order valence-corrected chi connectivity index (χ0v) is 19.9. The van der Waals surface area contributed by atoms with E-state index in [2.05, 4.69) is 10.6 Å². The second-order valence-corrected chi connectivity index (χ2v) is 9.48. The molecular weight excluding hydrogens is 428 g/mol. The lowest BCUT2D eigenvalue weighted by Crippen LogP contribution is -2.55. The molecule has 7 nitrogen and oxygen atoms in total. The van der Waals surface area contributed by atoms with Crippen LogP contribution in [0.15, 0.2) is 48.5 Å². The molecule has 2 aromatic rings. The third kappa shape index (κ3) is 5.59. The Bertz CT molecular complexity index is 993. The van der Waals surface area contributed by atoms with Crippen molar-refractivity contribution in [3.8, 4) is 0 Å². The number of aliphatic hydroxyl groups excluding tert-OH is 1. The molecule has 1 heterocycles. The molecule has 0 spiro atoms. The highest BCUT2D eigenvalue weighted by molar-refractivity contribution is 6.00. The summed E-state index contributed by atoms with van der Waals surface area (Å²) in [6.45, 7) is 3.34. The lowest BCUT2D eigenvalue weighted by Gasteiger charge is -2.37. The molecule has 3 atom stereocenters. The van der Waals surface area contributed by atoms with Crippen LogP contribution in [0.1, 0.15) is 54.9 Å². The quantitative estimate of drug-likeness (QED) is 0.432. The molecule has 182 valence electrons. The predicted molar refractivity (Wildman–Crippen MR) is 135 cm³/mol. The van der Waals surface area contributed by atoms with E-state index in [1.165, 1.54) is 0 Å². The molecule has 1 saturated carbocycles. The normalized spacial score (nSPS) is 18.8. The average Bonchev–Trinajstić information content (AvgIpc) is 3.23. The topological polar surface area (TPSA) is 108 Å². The number of hydrogen-bond donors (Lipinski definition) is 4. The van der Waals surface area contributed by atoms with E-state index < -0.39 is 12.1 Å². The third-order valence-corrected chi connectivity index (χ3v) is 7.06. The van der Waals surface area contributed by atoms with Gasteiger partial charge in [0.2, 0.25) is 5.91 Å². The van der Waals surface area contributed by atoms with Crippen LogP contribution < -0.4 is 21.3 Å². The van der Waals surface area contributed by atoms with Gasteiger partial charge in [0.15, 0.2) is 0 Å². The summed E-state index contributed by atoms with van der Waals surface area (Å²) in [5.41, 5.74) is 9.41. The Morgan fingerprint density at radius 3 is 2.56 bits per heavy atom. The largest absolute Gasteiger partial charge is 0.389 e. The second-order valence-electron chi connectivity index (χ2n) is 9.48. The molecule has 0 bridgehead atoms. The van der Waals surface area contributed by atoms with Gasteiger partial charge in [-0.3, -0.25) is 9.59 Å². The van der Waals surface area contributed by atoms with Gasteiger partial charge >= 0.3 is 0 Å². The molecule has 0 radical (unpaired) electrons. The van der Waals surface area contributed by atoms with Crippen LogP contribution in [0.25, 0.3) is 0 Å². The highest BCUT2D eigenvalue weighted by Crippen LogP contribution is 2.31. The number of nitrogens with zero attached hydrogens (tertiary/aromatic N) is 1. The van der Waals surface area contributed by atoms with Gasteiger partial charge in [-0.1, -0.05) is 36.8 Å². The van der Waals surface area contributed by atoms with Crippen LogP contribution in [0.4, 0.5) is 11.4 Å². The molecule has 1 saturated heterocycles. The van der Waals surface area contributed by atoms with Crippen LogP contribution in [-0.4, -0.2) is 48.2 Å². The maximum Gasteiger partial charge on any atom is 0.251 e. The Hall–Kier alpha value is -2.90. The zero-order valence-electron chi connectivity index (χ0n) is 19.9. The molecule has 1 aliphatic carbocycles. The number of rotatable bonds is 10. The first-order valence-corrected chi connectivity index (χ1v) is 12.4. The van der Waals surface area contributed by atoms with Crippen molar-refractivity contribution >= 4 is 23.2 Å². The van der Waals surface area contributed by atoms with Crippen LogP contribution >= 0.6 is 0 Å². The van der Waals surface area contributed by atoms with Crippen LogP contribution in [0, 0.1) is 5.92 Å². The van der Waals surface area contributed by atoms with Gasteiger partial charge in [0.1, 0.15) is 0 Å². The molecule has 2 aliphatic rings. The molecule has 4 rings (SSSR count). The first kappa shape index (κ1) is 24.2. The van der Waals surface area contributed by atoms with E-state index in [4.69, 9.17) is 5.73 Å². The van der Waals surface area contributed by atoms with E-state index in [9.17, 15) is 14.7 Å². The maximum atomic E-state index is 13.4. The van der Waals surface area contributed by atoms with Gasteiger partial charge in [-0.25, -0.2) is 0 Å².